The van der Waals surface area contributed by atoms with Crippen molar-refractivity contribution in [3.05, 3.63) is 12.3 Å². The summed E-state index contributed by atoms with van der Waals surface area (Å²) in [5.41, 5.74) is 0. The molecule has 0 radical (unpaired) electrons. The minimum absolute atomic E-state index is 0.895. The second-order valence-electron chi connectivity index (χ2n) is 6.35. The third kappa shape index (κ3) is 22.1. The van der Waals surface area contributed by atoms with Gasteiger partial charge < -0.3 is 9.42 Å². The maximum atomic E-state index is 10.7. The van der Waals surface area contributed by atoms with Gasteiger partial charge in [-0.05, 0) is 31.2 Å². The zero-order valence-electron chi connectivity index (χ0n) is 14.9. The molecule has 0 aromatic heterocycles. The van der Waals surface area contributed by atoms with Gasteiger partial charge in [0.2, 0.25) is 0 Å². The Kier molecular flexibility index (Phi) is 17.0. The molecule has 0 bridgehead atoms. The van der Waals surface area contributed by atoms with Crippen LogP contribution in [0.15, 0.2) is 12.3 Å². The lowest BCUT2D eigenvalue weighted by molar-refractivity contribution is 0.369. The SMILES string of the molecule is CCCCCCCCCCCCCCCC/C=C/OP(=O)(O)S. The summed E-state index contributed by atoms with van der Waals surface area (Å²) in [6, 6.07) is 0. The van der Waals surface area contributed by atoms with Crippen molar-refractivity contribution in [2.24, 2.45) is 0 Å². The zero-order chi connectivity index (χ0) is 17.2. The summed E-state index contributed by atoms with van der Waals surface area (Å²) < 4.78 is 15.3. The fourth-order valence-electron chi connectivity index (χ4n) is 2.65. The molecule has 0 aliphatic carbocycles. The smallest absolute Gasteiger partial charge is 0.426 e. The largest absolute Gasteiger partial charge is 0.433 e. The molecule has 1 atom stereocenters. The molecule has 0 amide bonds. The van der Waals surface area contributed by atoms with E-state index in [0.717, 1.165) is 12.8 Å². The van der Waals surface area contributed by atoms with Gasteiger partial charge in [-0.3, -0.25) is 0 Å². The van der Waals surface area contributed by atoms with Gasteiger partial charge in [0.25, 0.3) is 0 Å². The van der Waals surface area contributed by atoms with E-state index in [-0.39, 0.29) is 0 Å². The standard InChI is InChI=1S/C18H37O3PS/c1-2-3-4-5-6-7-8-9-10-11-12-13-14-15-16-17-18-21-22(19,20)23/h17-18H,2-16H2,1H3,(H2,19,20,23)/b18-17+. The van der Waals surface area contributed by atoms with E-state index < -0.39 is 6.80 Å². The predicted octanol–water partition coefficient (Wildman–Crippen LogP) is 7.42. The summed E-state index contributed by atoms with van der Waals surface area (Å²) in [7, 11) is 0. The van der Waals surface area contributed by atoms with Crippen LogP contribution in [0.25, 0.3) is 0 Å². The minimum atomic E-state index is -3.65. The summed E-state index contributed by atoms with van der Waals surface area (Å²) in [6.07, 6.45) is 22.9. The Hall–Kier alpha value is 0.0800. The van der Waals surface area contributed by atoms with Crippen molar-refractivity contribution >= 4 is 19.0 Å². The summed E-state index contributed by atoms with van der Waals surface area (Å²) in [5, 5.41) is 0. The molecular weight excluding hydrogens is 327 g/mol. The van der Waals surface area contributed by atoms with E-state index in [9.17, 15) is 4.57 Å². The lowest BCUT2D eigenvalue weighted by Gasteiger charge is -2.03. The average molecular weight is 365 g/mol. The lowest BCUT2D eigenvalue weighted by atomic mass is 10.0. The molecule has 0 fully saturated rings. The minimum Gasteiger partial charge on any atom is -0.426 e. The number of unbranched alkanes of at least 4 members (excludes halogenated alkanes) is 14. The van der Waals surface area contributed by atoms with E-state index in [2.05, 4.69) is 23.7 Å². The summed E-state index contributed by atoms with van der Waals surface area (Å²) in [4.78, 5) is 8.79. The Morgan fingerprint density at radius 2 is 1.22 bits per heavy atom. The van der Waals surface area contributed by atoms with Crippen LogP contribution in [-0.2, 0) is 9.09 Å². The number of hydrogen-bond acceptors (Lipinski definition) is 2. The number of rotatable bonds is 17. The molecule has 3 nitrogen and oxygen atoms in total. The van der Waals surface area contributed by atoms with Crippen LogP contribution in [0, 0.1) is 0 Å². The van der Waals surface area contributed by atoms with Crippen LogP contribution >= 0.6 is 19.0 Å². The van der Waals surface area contributed by atoms with Crippen LogP contribution in [0.2, 0.25) is 0 Å². The Morgan fingerprint density at radius 1 is 0.826 bits per heavy atom. The first kappa shape index (κ1) is 23.1. The average Bonchev–Trinajstić information content (AvgIpc) is 2.49. The monoisotopic (exact) mass is 364 g/mol. The van der Waals surface area contributed by atoms with Gasteiger partial charge in [-0.15, -0.1) is 0 Å². The Bertz CT molecular complexity index is 315. The van der Waals surface area contributed by atoms with Crippen molar-refractivity contribution in [1.29, 1.82) is 0 Å². The van der Waals surface area contributed by atoms with Crippen molar-refractivity contribution < 1.29 is 14.0 Å². The van der Waals surface area contributed by atoms with Gasteiger partial charge >= 0.3 is 6.80 Å². The lowest BCUT2D eigenvalue weighted by Crippen LogP contribution is -1.83. The highest BCUT2D eigenvalue weighted by molar-refractivity contribution is 8.44. The molecule has 0 aromatic rings. The Morgan fingerprint density at radius 3 is 1.61 bits per heavy atom. The number of thiol groups is 1. The maximum absolute atomic E-state index is 10.7. The molecule has 23 heavy (non-hydrogen) atoms. The Labute approximate surface area is 149 Å². The number of allylic oxidation sites excluding steroid dienone is 1. The molecule has 0 saturated carbocycles. The van der Waals surface area contributed by atoms with E-state index in [1.54, 1.807) is 6.08 Å². The molecule has 0 spiro atoms. The van der Waals surface area contributed by atoms with Gasteiger partial charge in [0.05, 0.1) is 6.26 Å². The fraction of sp³-hybridized carbons (Fsp3) is 0.889. The molecule has 5 heteroatoms. The van der Waals surface area contributed by atoms with Gasteiger partial charge in [0.1, 0.15) is 0 Å². The molecule has 1 N–H and O–H groups in total. The fourth-order valence-corrected chi connectivity index (χ4v) is 3.06. The van der Waals surface area contributed by atoms with Gasteiger partial charge in [0, 0.05) is 0 Å². The van der Waals surface area contributed by atoms with Crippen LogP contribution in [0.1, 0.15) is 103 Å². The molecule has 0 rings (SSSR count). The van der Waals surface area contributed by atoms with Gasteiger partial charge in [-0.1, -0.05) is 90.4 Å². The van der Waals surface area contributed by atoms with Crippen molar-refractivity contribution in [2.45, 2.75) is 103 Å². The second kappa shape index (κ2) is 16.9. The summed E-state index contributed by atoms with van der Waals surface area (Å²) in [5.74, 6) is 0. The molecule has 0 saturated heterocycles. The van der Waals surface area contributed by atoms with Crippen molar-refractivity contribution in [2.75, 3.05) is 0 Å². The third-order valence-corrected chi connectivity index (χ3v) is 4.70. The molecule has 0 aliphatic rings. The highest BCUT2D eigenvalue weighted by atomic mass is 32.7. The molecular formula is C18H37O3PS. The van der Waals surface area contributed by atoms with Crippen LogP contribution < -0.4 is 0 Å². The normalized spacial score (nSPS) is 14.2. The van der Waals surface area contributed by atoms with Crippen LogP contribution in [0.3, 0.4) is 0 Å². The topological polar surface area (TPSA) is 46.5 Å². The second-order valence-corrected chi connectivity index (χ2v) is 9.06. The first-order chi connectivity index (χ1) is 11.1. The molecule has 1 unspecified atom stereocenters. The van der Waals surface area contributed by atoms with Gasteiger partial charge in [-0.25, -0.2) is 4.57 Å². The highest BCUT2D eigenvalue weighted by Crippen LogP contribution is 2.46. The van der Waals surface area contributed by atoms with E-state index in [1.807, 2.05) is 0 Å². The van der Waals surface area contributed by atoms with Crippen LogP contribution in [0.4, 0.5) is 0 Å². The van der Waals surface area contributed by atoms with Gasteiger partial charge in [0.15, 0.2) is 0 Å². The highest BCUT2D eigenvalue weighted by Gasteiger charge is 2.08. The summed E-state index contributed by atoms with van der Waals surface area (Å²) >= 11 is 3.42. The van der Waals surface area contributed by atoms with Crippen molar-refractivity contribution in [3.63, 3.8) is 0 Å². The van der Waals surface area contributed by atoms with E-state index in [0.29, 0.717) is 0 Å². The Balaban J connectivity index is 3.09. The van der Waals surface area contributed by atoms with E-state index >= 15 is 0 Å². The quantitative estimate of drug-likeness (QED) is 0.122. The number of hydrogen-bond donors (Lipinski definition) is 2. The first-order valence-electron chi connectivity index (χ1n) is 9.45. The van der Waals surface area contributed by atoms with E-state index in [1.165, 1.54) is 89.7 Å². The molecule has 0 aromatic carbocycles. The van der Waals surface area contributed by atoms with Crippen molar-refractivity contribution in [3.8, 4) is 0 Å². The van der Waals surface area contributed by atoms with Crippen LogP contribution in [-0.4, -0.2) is 4.89 Å². The maximum Gasteiger partial charge on any atom is 0.433 e. The summed E-state index contributed by atoms with van der Waals surface area (Å²) in [6.45, 7) is -1.38. The van der Waals surface area contributed by atoms with Crippen molar-refractivity contribution in [1.82, 2.24) is 0 Å². The molecule has 0 aliphatic heterocycles. The third-order valence-electron chi connectivity index (χ3n) is 4.02. The van der Waals surface area contributed by atoms with E-state index in [4.69, 9.17) is 4.89 Å². The molecule has 138 valence electrons. The van der Waals surface area contributed by atoms with Gasteiger partial charge in [-0.2, -0.15) is 0 Å². The van der Waals surface area contributed by atoms with Crippen LogP contribution in [0.5, 0.6) is 0 Å². The molecule has 0 heterocycles. The predicted molar refractivity (Wildman–Crippen MR) is 104 cm³/mol. The zero-order valence-corrected chi connectivity index (χ0v) is 16.7. The first-order valence-corrected chi connectivity index (χ1v) is 12.2.